The predicted molar refractivity (Wildman–Crippen MR) is 77.2 cm³/mol. The number of hydrogen-bond donors (Lipinski definition) is 2. The fourth-order valence-electron chi connectivity index (χ4n) is 2.40. The van der Waals surface area contributed by atoms with Crippen LogP contribution in [0.4, 0.5) is 0 Å². The molecular weight excluding hydrogens is 306 g/mol. The van der Waals surface area contributed by atoms with E-state index in [1.165, 1.54) is 0 Å². The highest BCUT2D eigenvalue weighted by Crippen LogP contribution is 2.41. The number of hydrogen-bond acceptors (Lipinski definition) is 3. The van der Waals surface area contributed by atoms with E-state index in [4.69, 9.17) is 10.5 Å². The number of benzene rings is 2. The second-order valence-electron chi connectivity index (χ2n) is 4.73. The van der Waals surface area contributed by atoms with E-state index >= 15 is 0 Å². The van der Waals surface area contributed by atoms with Gasteiger partial charge in [0.2, 0.25) is 0 Å². The summed E-state index contributed by atoms with van der Waals surface area (Å²) in [6.45, 7) is 0. The summed E-state index contributed by atoms with van der Waals surface area (Å²) < 4.78 is 6.97. The van der Waals surface area contributed by atoms with Gasteiger partial charge >= 0.3 is 0 Å². The quantitative estimate of drug-likeness (QED) is 0.843. The van der Waals surface area contributed by atoms with Crippen molar-refractivity contribution in [2.24, 2.45) is 5.73 Å². The van der Waals surface area contributed by atoms with Crippen LogP contribution in [0.25, 0.3) is 0 Å². The van der Waals surface area contributed by atoms with Crippen molar-refractivity contribution in [1.29, 1.82) is 0 Å². The predicted octanol–water partition coefficient (Wildman–Crippen LogP) is 3.68. The Balaban J connectivity index is 1.96. The van der Waals surface area contributed by atoms with E-state index in [2.05, 4.69) is 15.9 Å². The molecule has 0 spiro atoms. The van der Waals surface area contributed by atoms with Crippen LogP contribution in [0.1, 0.15) is 29.7 Å². The summed E-state index contributed by atoms with van der Waals surface area (Å²) in [5, 5.41) is 9.55. The Morgan fingerprint density at radius 2 is 2.05 bits per heavy atom. The molecule has 0 aromatic heterocycles. The van der Waals surface area contributed by atoms with Crippen LogP contribution in [0.2, 0.25) is 0 Å². The van der Waals surface area contributed by atoms with E-state index in [0.717, 1.165) is 21.3 Å². The number of aromatic hydroxyl groups is 1. The fraction of sp³-hybridized carbons (Fsp3) is 0.200. The molecule has 2 aromatic rings. The first-order chi connectivity index (χ1) is 9.13. The van der Waals surface area contributed by atoms with Gasteiger partial charge in [-0.3, -0.25) is 0 Å². The number of fused-ring (bicyclic) bond motifs is 1. The lowest BCUT2D eigenvalue weighted by Crippen LogP contribution is -2.24. The van der Waals surface area contributed by atoms with Crippen molar-refractivity contribution < 1.29 is 9.84 Å². The van der Waals surface area contributed by atoms with E-state index < -0.39 is 0 Å². The van der Waals surface area contributed by atoms with Crippen LogP contribution in [-0.2, 0) is 0 Å². The third kappa shape index (κ3) is 2.46. The first-order valence-electron chi connectivity index (χ1n) is 6.14. The Morgan fingerprint density at radius 1 is 1.21 bits per heavy atom. The van der Waals surface area contributed by atoms with Gasteiger partial charge in [-0.15, -0.1) is 0 Å². The molecule has 2 aromatic carbocycles. The highest BCUT2D eigenvalue weighted by Gasteiger charge is 2.27. The standard InChI is InChI=1S/C15H14BrNO2/c16-10-4-5-12-13(17)8-14(19-15(12)7-10)9-2-1-3-11(18)6-9/h1-7,13-14,18H,8,17H2/t13-,14?/m1/s1. The minimum absolute atomic E-state index is 0.0517. The van der Waals surface area contributed by atoms with Crippen molar-refractivity contribution >= 4 is 15.9 Å². The molecule has 0 aliphatic carbocycles. The maximum atomic E-state index is 9.55. The van der Waals surface area contributed by atoms with Gasteiger partial charge in [-0.2, -0.15) is 0 Å². The summed E-state index contributed by atoms with van der Waals surface area (Å²) >= 11 is 3.44. The van der Waals surface area contributed by atoms with E-state index in [-0.39, 0.29) is 17.9 Å². The Kier molecular flexibility index (Phi) is 3.21. The van der Waals surface area contributed by atoms with Crippen molar-refractivity contribution in [2.45, 2.75) is 18.6 Å². The zero-order valence-corrected chi connectivity index (χ0v) is 11.8. The van der Waals surface area contributed by atoms with E-state index in [1.807, 2.05) is 30.3 Å². The van der Waals surface area contributed by atoms with Gasteiger partial charge in [0.25, 0.3) is 0 Å². The summed E-state index contributed by atoms with van der Waals surface area (Å²) in [5.41, 5.74) is 8.18. The molecule has 1 heterocycles. The van der Waals surface area contributed by atoms with Gasteiger partial charge in [0.1, 0.15) is 17.6 Å². The van der Waals surface area contributed by atoms with Crippen molar-refractivity contribution in [3.63, 3.8) is 0 Å². The molecule has 4 heteroatoms. The first-order valence-corrected chi connectivity index (χ1v) is 6.93. The van der Waals surface area contributed by atoms with Gasteiger partial charge in [0.05, 0.1) is 0 Å². The molecule has 2 atom stereocenters. The van der Waals surface area contributed by atoms with Gasteiger partial charge in [-0.05, 0) is 29.8 Å². The van der Waals surface area contributed by atoms with Crippen molar-refractivity contribution in [2.75, 3.05) is 0 Å². The van der Waals surface area contributed by atoms with Crippen LogP contribution < -0.4 is 10.5 Å². The Morgan fingerprint density at radius 3 is 2.84 bits per heavy atom. The van der Waals surface area contributed by atoms with Gasteiger partial charge in [0.15, 0.2) is 0 Å². The number of phenols is 1. The van der Waals surface area contributed by atoms with Gasteiger partial charge in [-0.1, -0.05) is 34.1 Å². The molecule has 0 bridgehead atoms. The van der Waals surface area contributed by atoms with Crippen molar-refractivity contribution in [1.82, 2.24) is 0 Å². The molecule has 1 aliphatic heterocycles. The van der Waals surface area contributed by atoms with Crippen LogP contribution >= 0.6 is 15.9 Å². The molecule has 3 N–H and O–H groups in total. The zero-order chi connectivity index (χ0) is 13.4. The van der Waals surface area contributed by atoms with Gasteiger partial charge in [-0.25, -0.2) is 0 Å². The van der Waals surface area contributed by atoms with E-state index in [1.54, 1.807) is 12.1 Å². The van der Waals surface area contributed by atoms with E-state index in [0.29, 0.717) is 6.42 Å². The smallest absolute Gasteiger partial charge is 0.126 e. The third-order valence-electron chi connectivity index (χ3n) is 3.35. The van der Waals surface area contributed by atoms with Crippen LogP contribution in [0, 0.1) is 0 Å². The molecule has 3 nitrogen and oxygen atoms in total. The van der Waals surface area contributed by atoms with Crippen molar-refractivity contribution in [3.05, 3.63) is 58.1 Å². The number of phenolic OH excluding ortho intramolecular Hbond substituents is 1. The minimum Gasteiger partial charge on any atom is -0.508 e. The lowest BCUT2D eigenvalue weighted by Gasteiger charge is -2.30. The van der Waals surface area contributed by atoms with Gasteiger partial charge in [0, 0.05) is 22.5 Å². The summed E-state index contributed by atoms with van der Waals surface area (Å²) in [4.78, 5) is 0. The van der Waals surface area contributed by atoms with Crippen LogP contribution in [-0.4, -0.2) is 5.11 Å². The first kappa shape index (κ1) is 12.5. The Bertz CT molecular complexity index is 615. The van der Waals surface area contributed by atoms with Crippen LogP contribution in [0.3, 0.4) is 0 Å². The molecule has 0 radical (unpaired) electrons. The average Bonchev–Trinajstić information content (AvgIpc) is 2.38. The molecular formula is C15H14BrNO2. The highest BCUT2D eigenvalue weighted by atomic mass is 79.9. The molecule has 0 amide bonds. The lowest BCUT2D eigenvalue weighted by atomic mass is 9.93. The molecule has 3 rings (SSSR count). The number of nitrogens with two attached hydrogens (primary N) is 1. The summed E-state index contributed by atoms with van der Waals surface area (Å²) in [7, 11) is 0. The maximum absolute atomic E-state index is 9.55. The second-order valence-corrected chi connectivity index (χ2v) is 5.64. The normalized spacial score (nSPS) is 21.6. The zero-order valence-electron chi connectivity index (χ0n) is 10.2. The van der Waals surface area contributed by atoms with Crippen LogP contribution in [0.15, 0.2) is 46.9 Å². The third-order valence-corrected chi connectivity index (χ3v) is 3.85. The molecule has 98 valence electrons. The maximum Gasteiger partial charge on any atom is 0.126 e. The Hall–Kier alpha value is -1.52. The summed E-state index contributed by atoms with van der Waals surface area (Å²) in [6, 6.07) is 13.0. The summed E-state index contributed by atoms with van der Waals surface area (Å²) in [6.07, 6.45) is 0.585. The fourth-order valence-corrected chi connectivity index (χ4v) is 2.74. The second kappa shape index (κ2) is 4.87. The number of rotatable bonds is 1. The van der Waals surface area contributed by atoms with Crippen molar-refractivity contribution in [3.8, 4) is 11.5 Å². The Labute approximate surface area is 120 Å². The molecule has 1 unspecified atom stereocenters. The van der Waals surface area contributed by atoms with Gasteiger partial charge < -0.3 is 15.6 Å². The topological polar surface area (TPSA) is 55.5 Å². The molecule has 1 aliphatic rings. The monoisotopic (exact) mass is 319 g/mol. The summed E-state index contributed by atoms with van der Waals surface area (Å²) in [5.74, 6) is 1.05. The SMILES string of the molecule is N[C@@H]1CC(c2cccc(O)c2)Oc2cc(Br)ccc21. The van der Waals surface area contributed by atoms with E-state index in [9.17, 15) is 5.11 Å². The number of halogens is 1. The lowest BCUT2D eigenvalue weighted by molar-refractivity contribution is 0.161. The molecule has 19 heavy (non-hydrogen) atoms. The largest absolute Gasteiger partial charge is 0.508 e. The molecule has 0 fully saturated rings. The minimum atomic E-state index is -0.121. The number of ether oxygens (including phenoxy) is 1. The highest BCUT2D eigenvalue weighted by molar-refractivity contribution is 9.10. The van der Waals surface area contributed by atoms with Crippen LogP contribution in [0.5, 0.6) is 11.5 Å². The molecule has 0 saturated carbocycles. The average molecular weight is 320 g/mol. The molecule has 0 saturated heterocycles.